The minimum absolute atomic E-state index is 0.120. The second-order valence-corrected chi connectivity index (χ2v) is 6.47. The highest BCUT2D eigenvalue weighted by atomic mass is 32.2. The number of aromatic nitrogens is 2. The molecular weight excluding hydrogens is 320 g/mol. The predicted molar refractivity (Wildman–Crippen MR) is 88.3 cm³/mol. The molecule has 0 aromatic carbocycles. The van der Waals surface area contributed by atoms with Gasteiger partial charge in [-0.05, 0) is 12.8 Å². The lowest BCUT2D eigenvalue weighted by Gasteiger charge is -2.19. The maximum absolute atomic E-state index is 10.1. The Morgan fingerprint density at radius 3 is 2.91 bits per heavy atom. The molecule has 1 heterocycles. The maximum atomic E-state index is 10.1. The third-order valence-electron chi connectivity index (χ3n) is 3.60. The van der Waals surface area contributed by atoms with Gasteiger partial charge in [-0.15, -0.1) is 0 Å². The summed E-state index contributed by atoms with van der Waals surface area (Å²) in [5.74, 6) is 1.35. The second-order valence-electron chi connectivity index (χ2n) is 5.41. The highest BCUT2D eigenvalue weighted by molar-refractivity contribution is 7.99. The van der Waals surface area contributed by atoms with Crippen LogP contribution < -0.4 is 11.1 Å². The number of thioether (sulfide) groups is 1. The first-order valence-corrected chi connectivity index (χ1v) is 8.65. The first kappa shape index (κ1) is 18.2. The van der Waals surface area contributed by atoms with Crippen molar-refractivity contribution in [1.29, 1.82) is 0 Å². The first-order chi connectivity index (χ1) is 11.1. The van der Waals surface area contributed by atoms with Crippen LogP contribution in [0.2, 0.25) is 0 Å². The van der Waals surface area contributed by atoms with Crippen LogP contribution in [0.15, 0.2) is 11.4 Å². The Morgan fingerprint density at radius 1 is 1.43 bits per heavy atom. The number of rotatable bonds is 8. The van der Waals surface area contributed by atoms with Crippen molar-refractivity contribution >= 4 is 23.3 Å². The van der Waals surface area contributed by atoms with Crippen molar-refractivity contribution in [2.75, 3.05) is 30.0 Å². The smallest absolute Gasteiger partial charge is 0.189 e. The zero-order valence-corrected chi connectivity index (χ0v) is 13.9. The molecule has 23 heavy (non-hydrogen) atoms. The summed E-state index contributed by atoms with van der Waals surface area (Å²) in [5.41, 5.74) is 6.27. The van der Waals surface area contributed by atoms with Crippen molar-refractivity contribution in [3.8, 4) is 0 Å². The Morgan fingerprint density at radius 2 is 2.22 bits per heavy atom. The summed E-state index contributed by atoms with van der Waals surface area (Å²) in [6, 6.07) is -0.435. The van der Waals surface area contributed by atoms with Crippen LogP contribution >= 0.6 is 11.8 Å². The van der Waals surface area contributed by atoms with Crippen molar-refractivity contribution in [2.45, 2.75) is 49.3 Å². The molecule has 1 aliphatic rings. The number of anilines is 2. The number of ether oxygens (including phenoxy) is 1. The third kappa shape index (κ3) is 4.67. The molecule has 0 spiro atoms. The van der Waals surface area contributed by atoms with Gasteiger partial charge in [-0.1, -0.05) is 18.7 Å². The number of aliphatic hydroxyl groups excluding tert-OH is 3. The summed E-state index contributed by atoms with van der Waals surface area (Å²) in [7, 11) is 0. The third-order valence-corrected chi connectivity index (χ3v) is 4.67. The highest BCUT2D eigenvalue weighted by Gasteiger charge is 2.42. The summed E-state index contributed by atoms with van der Waals surface area (Å²) in [4.78, 5) is 8.53. The molecule has 1 saturated carbocycles. The first-order valence-electron chi connectivity index (χ1n) is 7.67. The Bertz CT molecular complexity index is 508. The Hall–Kier alpha value is -1.13. The van der Waals surface area contributed by atoms with Crippen LogP contribution in [0.3, 0.4) is 0 Å². The summed E-state index contributed by atoms with van der Waals surface area (Å²) in [5, 5.41) is 32.6. The van der Waals surface area contributed by atoms with E-state index in [1.165, 1.54) is 18.0 Å². The second kappa shape index (κ2) is 8.65. The van der Waals surface area contributed by atoms with E-state index >= 15 is 0 Å². The van der Waals surface area contributed by atoms with Crippen LogP contribution in [-0.4, -0.2) is 68.6 Å². The van der Waals surface area contributed by atoms with Gasteiger partial charge < -0.3 is 31.1 Å². The standard InChI is InChI=1S/C14H24N4O4S/c1-2-5-23-14-16-7-8(15)13(18-14)17-9-6-10(22-4-3-19)12(21)11(9)20/h7,9-12,19-21H,2-6,15H2,1H3,(H,16,17,18)/t9-,10+,11+,12-/m1/s1. The van der Waals surface area contributed by atoms with Crippen molar-refractivity contribution in [1.82, 2.24) is 9.97 Å². The minimum Gasteiger partial charge on any atom is -0.394 e. The van der Waals surface area contributed by atoms with Crippen molar-refractivity contribution in [3.63, 3.8) is 0 Å². The lowest BCUT2D eigenvalue weighted by atomic mass is 10.2. The quantitative estimate of drug-likeness (QED) is 0.322. The fraction of sp³-hybridized carbons (Fsp3) is 0.714. The van der Waals surface area contributed by atoms with E-state index < -0.39 is 24.4 Å². The monoisotopic (exact) mass is 344 g/mol. The molecule has 0 amide bonds. The van der Waals surface area contributed by atoms with Crippen molar-refractivity contribution in [3.05, 3.63) is 6.20 Å². The fourth-order valence-electron chi connectivity index (χ4n) is 2.43. The van der Waals surface area contributed by atoms with Crippen LogP contribution in [0, 0.1) is 0 Å². The molecule has 130 valence electrons. The van der Waals surface area contributed by atoms with Gasteiger partial charge in [-0.2, -0.15) is 0 Å². The number of hydrogen-bond donors (Lipinski definition) is 5. The number of aliphatic hydroxyl groups is 3. The van der Waals surface area contributed by atoms with Gasteiger partial charge in [0.15, 0.2) is 11.0 Å². The molecular formula is C14H24N4O4S. The molecule has 1 fully saturated rings. The molecule has 1 aromatic heterocycles. The average molecular weight is 344 g/mol. The molecule has 0 aliphatic heterocycles. The molecule has 8 nitrogen and oxygen atoms in total. The fourth-order valence-corrected chi connectivity index (χ4v) is 3.10. The molecule has 6 N–H and O–H groups in total. The lowest BCUT2D eigenvalue weighted by molar-refractivity contribution is -0.0612. The normalized spacial score (nSPS) is 27.3. The van der Waals surface area contributed by atoms with E-state index in [9.17, 15) is 10.2 Å². The Balaban J connectivity index is 2.03. The molecule has 0 unspecified atom stereocenters. The van der Waals surface area contributed by atoms with Crippen molar-refractivity contribution < 1.29 is 20.1 Å². The van der Waals surface area contributed by atoms with Crippen LogP contribution in [0.5, 0.6) is 0 Å². The van der Waals surface area contributed by atoms with Gasteiger partial charge in [-0.25, -0.2) is 9.97 Å². The average Bonchev–Trinajstić information content (AvgIpc) is 2.81. The SMILES string of the molecule is CCCSc1ncc(N)c(N[C@@H]2C[C@H](OCCO)[C@@H](O)[C@H]2O)n1. The van der Waals surface area contributed by atoms with Gasteiger partial charge in [0.1, 0.15) is 12.2 Å². The van der Waals surface area contributed by atoms with Crippen LogP contribution in [0.4, 0.5) is 11.5 Å². The number of nitrogens with one attached hydrogen (secondary N) is 1. The molecule has 0 saturated heterocycles. The molecule has 2 rings (SSSR count). The zero-order valence-electron chi connectivity index (χ0n) is 13.1. The van der Waals surface area contributed by atoms with E-state index in [0.717, 1.165) is 12.2 Å². The molecule has 9 heteroatoms. The number of nitrogen functional groups attached to an aromatic ring is 1. The topological polar surface area (TPSA) is 134 Å². The maximum Gasteiger partial charge on any atom is 0.189 e. The number of hydrogen-bond acceptors (Lipinski definition) is 9. The molecule has 0 radical (unpaired) electrons. The summed E-state index contributed by atoms with van der Waals surface area (Å²) in [6.45, 7) is 2.06. The molecule has 0 bridgehead atoms. The van der Waals surface area contributed by atoms with E-state index in [1.54, 1.807) is 0 Å². The summed E-state index contributed by atoms with van der Waals surface area (Å²) < 4.78 is 5.34. The summed E-state index contributed by atoms with van der Waals surface area (Å²) in [6.07, 6.45) is 0.384. The highest BCUT2D eigenvalue weighted by Crippen LogP contribution is 2.28. The zero-order chi connectivity index (χ0) is 16.8. The Labute approximate surface area is 139 Å². The van der Waals surface area contributed by atoms with E-state index in [0.29, 0.717) is 23.1 Å². The van der Waals surface area contributed by atoms with E-state index in [-0.39, 0.29) is 13.2 Å². The van der Waals surface area contributed by atoms with Crippen molar-refractivity contribution in [2.24, 2.45) is 0 Å². The van der Waals surface area contributed by atoms with Gasteiger partial charge in [0.2, 0.25) is 0 Å². The number of nitrogens with two attached hydrogens (primary N) is 1. The van der Waals surface area contributed by atoms with Gasteiger partial charge >= 0.3 is 0 Å². The molecule has 4 atom stereocenters. The lowest BCUT2D eigenvalue weighted by Crippen LogP contribution is -2.36. The van der Waals surface area contributed by atoms with Gasteiger partial charge in [0.05, 0.1) is 37.2 Å². The van der Waals surface area contributed by atoms with Crippen LogP contribution in [0.1, 0.15) is 19.8 Å². The van der Waals surface area contributed by atoms with Crippen LogP contribution in [0.25, 0.3) is 0 Å². The van der Waals surface area contributed by atoms with E-state index in [4.69, 9.17) is 15.6 Å². The summed E-state index contributed by atoms with van der Waals surface area (Å²) >= 11 is 1.53. The largest absolute Gasteiger partial charge is 0.394 e. The van der Waals surface area contributed by atoms with Gasteiger partial charge in [0.25, 0.3) is 0 Å². The van der Waals surface area contributed by atoms with Crippen LogP contribution in [-0.2, 0) is 4.74 Å². The van der Waals surface area contributed by atoms with Gasteiger partial charge in [0, 0.05) is 5.75 Å². The Kier molecular flexibility index (Phi) is 6.85. The molecule has 1 aromatic rings. The predicted octanol–water partition coefficient (Wildman–Crippen LogP) is -0.156. The molecule has 1 aliphatic carbocycles. The van der Waals surface area contributed by atoms with E-state index in [1.807, 2.05) is 0 Å². The van der Waals surface area contributed by atoms with E-state index in [2.05, 4.69) is 22.2 Å². The number of nitrogens with zero attached hydrogens (tertiary/aromatic N) is 2. The van der Waals surface area contributed by atoms with Gasteiger partial charge in [-0.3, -0.25) is 0 Å². The minimum atomic E-state index is -1.02.